The van der Waals surface area contributed by atoms with Crippen molar-refractivity contribution in [3.8, 4) is 0 Å². The zero-order valence-corrected chi connectivity index (χ0v) is 8.86. The van der Waals surface area contributed by atoms with Gasteiger partial charge in [0.25, 0.3) is 0 Å². The summed E-state index contributed by atoms with van der Waals surface area (Å²) >= 11 is 0. The predicted molar refractivity (Wildman–Crippen MR) is 56.6 cm³/mol. The van der Waals surface area contributed by atoms with Gasteiger partial charge in [0.2, 0.25) is 5.91 Å². The molecule has 0 aliphatic rings. The Balaban J connectivity index is 3.25. The van der Waals surface area contributed by atoms with Gasteiger partial charge >= 0.3 is 0 Å². The Morgan fingerprint density at radius 3 is 2.54 bits per heavy atom. The summed E-state index contributed by atoms with van der Waals surface area (Å²) in [5, 5.41) is 2.82. The van der Waals surface area contributed by atoms with Crippen LogP contribution in [0.4, 0.5) is 0 Å². The van der Waals surface area contributed by atoms with Crippen LogP contribution >= 0.6 is 0 Å². The fourth-order valence-electron chi connectivity index (χ4n) is 1.05. The van der Waals surface area contributed by atoms with Crippen molar-refractivity contribution in [1.29, 1.82) is 0 Å². The molecule has 0 saturated heterocycles. The summed E-state index contributed by atoms with van der Waals surface area (Å²) in [5.74, 6) is 0.152. The predicted octanol–water partition coefficient (Wildman–Crippen LogP) is 2.65. The molecule has 76 valence electrons. The number of amides is 1. The number of carbonyl (C=O) groups excluding carboxylic acids is 1. The highest BCUT2D eigenvalue weighted by Gasteiger charge is 1.99. The van der Waals surface area contributed by atoms with Crippen molar-refractivity contribution in [3.63, 3.8) is 0 Å². The first kappa shape index (κ1) is 12.2. The molecule has 1 amide bonds. The fourth-order valence-corrected chi connectivity index (χ4v) is 1.05. The average molecular weight is 183 g/mol. The van der Waals surface area contributed by atoms with Crippen LogP contribution in [-0.2, 0) is 4.79 Å². The summed E-state index contributed by atoms with van der Waals surface area (Å²) in [6.07, 6.45) is 5.28. The highest BCUT2D eigenvalue weighted by atomic mass is 16.1. The normalized spacial score (nSPS) is 9.69. The standard InChI is InChI=1S/C11H21NO/c1-4-5-6-7-8-11(13)12-9-10(2)3/h2,4-9H2,1,3H3,(H,12,13). The van der Waals surface area contributed by atoms with E-state index in [1.54, 1.807) is 0 Å². The van der Waals surface area contributed by atoms with Crippen LogP contribution in [0.2, 0.25) is 0 Å². The molecule has 0 aromatic heterocycles. The lowest BCUT2D eigenvalue weighted by Gasteiger charge is -2.03. The number of nitrogens with one attached hydrogen (secondary N) is 1. The third-order valence-corrected chi connectivity index (χ3v) is 1.84. The Morgan fingerprint density at radius 2 is 2.00 bits per heavy atom. The highest BCUT2D eigenvalue weighted by Crippen LogP contribution is 2.01. The van der Waals surface area contributed by atoms with Crippen LogP contribution < -0.4 is 5.32 Å². The Bertz CT molecular complexity index is 163. The van der Waals surface area contributed by atoms with Gasteiger partial charge in [0.05, 0.1) is 0 Å². The van der Waals surface area contributed by atoms with Crippen LogP contribution in [0.15, 0.2) is 12.2 Å². The van der Waals surface area contributed by atoms with Crippen molar-refractivity contribution < 1.29 is 4.79 Å². The monoisotopic (exact) mass is 183 g/mol. The first-order chi connectivity index (χ1) is 6.16. The second-order valence-corrected chi connectivity index (χ2v) is 3.54. The summed E-state index contributed by atoms with van der Waals surface area (Å²) in [6.45, 7) is 8.42. The molecule has 2 heteroatoms. The van der Waals surface area contributed by atoms with E-state index in [1.807, 2.05) is 6.92 Å². The second kappa shape index (κ2) is 7.84. The molecular formula is C11H21NO. The molecule has 0 aromatic carbocycles. The largest absolute Gasteiger partial charge is 0.352 e. The topological polar surface area (TPSA) is 29.1 Å². The van der Waals surface area contributed by atoms with Gasteiger partial charge < -0.3 is 5.32 Å². The molecule has 0 radical (unpaired) electrons. The summed E-state index contributed by atoms with van der Waals surface area (Å²) in [5.41, 5.74) is 1.00. The lowest BCUT2D eigenvalue weighted by atomic mass is 10.1. The summed E-state index contributed by atoms with van der Waals surface area (Å²) in [6, 6.07) is 0. The van der Waals surface area contributed by atoms with E-state index in [4.69, 9.17) is 0 Å². The van der Waals surface area contributed by atoms with Crippen LogP contribution in [0.3, 0.4) is 0 Å². The van der Waals surface area contributed by atoms with Gasteiger partial charge in [0, 0.05) is 13.0 Å². The zero-order valence-electron chi connectivity index (χ0n) is 8.86. The Morgan fingerprint density at radius 1 is 1.31 bits per heavy atom. The number of carbonyl (C=O) groups is 1. The van der Waals surface area contributed by atoms with Crippen molar-refractivity contribution in [2.24, 2.45) is 0 Å². The maximum atomic E-state index is 11.2. The van der Waals surface area contributed by atoms with Crippen LogP contribution in [0.25, 0.3) is 0 Å². The second-order valence-electron chi connectivity index (χ2n) is 3.54. The van der Waals surface area contributed by atoms with Crippen LogP contribution in [0.5, 0.6) is 0 Å². The van der Waals surface area contributed by atoms with Gasteiger partial charge in [-0.15, -0.1) is 0 Å². The molecule has 0 spiro atoms. The summed E-state index contributed by atoms with van der Waals surface area (Å²) in [4.78, 5) is 11.2. The number of rotatable bonds is 7. The van der Waals surface area contributed by atoms with Crippen LogP contribution in [0.1, 0.15) is 46.0 Å². The molecule has 0 heterocycles. The lowest BCUT2D eigenvalue weighted by Crippen LogP contribution is -2.24. The number of hydrogen-bond donors (Lipinski definition) is 1. The van der Waals surface area contributed by atoms with Gasteiger partial charge in [-0.25, -0.2) is 0 Å². The Labute approximate surface area is 81.4 Å². The molecule has 0 rings (SSSR count). The molecule has 0 aromatic rings. The minimum Gasteiger partial charge on any atom is -0.352 e. The minimum atomic E-state index is 0.152. The van der Waals surface area contributed by atoms with Gasteiger partial charge in [-0.05, 0) is 13.3 Å². The van der Waals surface area contributed by atoms with E-state index in [9.17, 15) is 4.79 Å². The highest BCUT2D eigenvalue weighted by molar-refractivity contribution is 5.76. The first-order valence-electron chi connectivity index (χ1n) is 5.08. The van der Waals surface area contributed by atoms with Crippen molar-refractivity contribution in [3.05, 3.63) is 12.2 Å². The van der Waals surface area contributed by atoms with Gasteiger partial charge in [0.1, 0.15) is 0 Å². The van der Waals surface area contributed by atoms with Crippen LogP contribution in [-0.4, -0.2) is 12.5 Å². The van der Waals surface area contributed by atoms with Crippen molar-refractivity contribution in [2.75, 3.05) is 6.54 Å². The molecule has 0 saturated carbocycles. The van der Waals surface area contributed by atoms with Crippen molar-refractivity contribution >= 4 is 5.91 Å². The number of unbranched alkanes of at least 4 members (excludes halogenated alkanes) is 3. The maximum absolute atomic E-state index is 11.2. The average Bonchev–Trinajstić information content (AvgIpc) is 2.09. The molecule has 1 N–H and O–H groups in total. The van der Waals surface area contributed by atoms with E-state index in [-0.39, 0.29) is 5.91 Å². The zero-order chi connectivity index (χ0) is 10.1. The lowest BCUT2D eigenvalue weighted by molar-refractivity contribution is -0.121. The van der Waals surface area contributed by atoms with E-state index >= 15 is 0 Å². The van der Waals surface area contributed by atoms with Crippen LogP contribution in [0, 0.1) is 0 Å². The molecule has 13 heavy (non-hydrogen) atoms. The molecule has 2 nitrogen and oxygen atoms in total. The van der Waals surface area contributed by atoms with Gasteiger partial charge in [-0.1, -0.05) is 38.3 Å². The van der Waals surface area contributed by atoms with E-state index in [2.05, 4.69) is 18.8 Å². The molecule has 0 unspecified atom stereocenters. The van der Waals surface area contributed by atoms with Crippen molar-refractivity contribution in [2.45, 2.75) is 46.0 Å². The molecule has 0 fully saturated rings. The van der Waals surface area contributed by atoms with E-state index in [1.165, 1.54) is 12.8 Å². The Hall–Kier alpha value is -0.790. The smallest absolute Gasteiger partial charge is 0.220 e. The summed E-state index contributed by atoms with van der Waals surface area (Å²) in [7, 11) is 0. The summed E-state index contributed by atoms with van der Waals surface area (Å²) < 4.78 is 0. The maximum Gasteiger partial charge on any atom is 0.220 e. The number of hydrogen-bond acceptors (Lipinski definition) is 1. The SMILES string of the molecule is C=C(C)CNC(=O)CCCCCC. The Kier molecular flexibility index (Phi) is 7.36. The molecule has 0 aliphatic heterocycles. The minimum absolute atomic E-state index is 0.152. The van der Waals surface area contributed by atoms with Gasteiger partial charge in [-0.3, -0.25) is 4.79 Å². The fraction of sp³-hybridized carbons (Fsp3) is 0.727. The third-order valence-electron chi connectivity index (χ3n) is 1.84. The van der Waals surface area contributed by atoms with E-state index < -0.39 is 0 Å². The molecule has 0 atom stereocenters. The van der Waals surface area contributed by atoms with Gasteiger partial charge in [-0.2, -0.15) is 0 Å². The molecule has 0 bridgehead atoms. The molecule has 0 aliphatic carbocycles. The quantitative estimate of drug-likeness (QED) is 0.477. The van der Waals surface area contributed by atoms with Gasteiger partial charge in [0.15, 0.2) is 0 Å². The van der Waals surface area contributed by atoms with Crippen molar-refractivity contribution in [1.82, 2.24) is 5.32 Å². The third kappa shape index (κ3) is 9.12. The molecular weight excluding hydrogens is 162 g/mol. The van der Waals surface area contributed by atoms with E-state index in [0.29, 0.717) is 13.0 Å². The van der Waals surface area contributed by atoms with E-state index in [0.717, 1.165) is 18.4 Å². The first-order valence-corrected chi connectivity index (χ1v) is 5.08.